The summed E-state index contributed by atoms with van der Waals surface area (Å²) in [5.74, 6) is 6.52. The van der Waals surface area contributed by atoms with Gasteiger partial charge < -0.3 is 0 Å². The fourth-order valence-electron chi connectivity index (χ4n) is 9.08. The molecule has 4 fully saturated rings. The zero-order valence-corrected chi connectivity index (χ0v) is 19.6. The van der Waals surface area contributed by atoms with E-state index in [1.807, 2.05) is 0 Å². The first kappa shape index (κ1) is 21.2. The number of carbonyl (C=O) groups is 1. The standard InChI is InChI=1S/C27H39N3O/c1-4-18-14-24(25(31)16-30-12-10-20(15-28)29-30)27(3)11-9-22-21-7-5-17(2)13-19(21)6-8-23(22)26(18)27/h10,12,17-19,21-24,26H,4-9,11,13-14,16H2,1-3H3/t17-,18+,19+,21-,22+,23+,24+,26?,27+/m0/s1. The number of nitriles is 1. The third-order valence-corrected chi connectivity index (χ3v) is 10.3. The first-order valence-electron chi connectivity index (χ1n) is 12.9. The lowest BCUT2D eigenvalue weighted by molar-refractivity contribution is -0.131. The molecule has 5 rings (SSSR count). The van der Waals surface area contributed by atoms with Crippen molar-refractivity contribution in [1.29, 1.82) is 5.26 Å². The minimum atomic E-state index is 0.152. The highest BCUT2D eigenvalue weighted by Crippen LogP contribution is 2.66. The second-order valence-electron chi connectivity index (χ2n) is 11.8. The average Bonchev–Trinajstić information content (AvgIpc) is 3.34. The lowest BCUT2D eigenvalue weighted by Gasteiger charge is -2.57. The quantitative estimate of drug-likeness (QED) is 0.611. The van der Waals surface area contributed by atoms with Gasteiger partial charge >= 0.3 is 0 Å². The lowest BCUT2D eigenvalue weighted by Crippen LogP contribution is -2.50. The van der Waals surface area contributed by atoms with E-state index >= 15 is 0 Å². The van der Waals surface area contributed by atoms with Crippen LogP contribution in [0.5, 0.6) is 0 Å². The number of hydrogen-bond donors (Lipinski definition) is 0. The summed E-state index contributed by atoms with van der Waals surface area (Å²) < 4.78 is 1.68. The van der Waals surface area contributed by atoms with Crippen molar-refractivity contribution in [2.45, 2.75) is 85.1 Å². The predicted octanol–water partition coefficient (Wildman–Crippen LogP) is 5.86. The van der Waals surface area contributed by atoms with Crippen molar-refractivity contribution in [3.63, 3.8) is 0 Å². The molecule has 4 aliphatic rings. The predicted molar refractivity (Wildman–Crippen MR) is 121 cm³/mol. The Hall–Kier alpha value is -1.63. The molecule has 4 nitrogen and oxygen atoms in total. The summed E-state index contributed by atoms with van der Waals surface area (Å²) in [7, 11) is 0. The summed E-state index contributed by atoms with van der Waals surface area (Å²) in [6.45, 7) is 7.59. The summed E-state index contributed by atoms with van der Waals surface area (Å²) in [6, 6.07) is 3.78. The lowest BCUT2D eigenvalue weighted by atomic mass is 9.48. The molecule has 0 N–H and O–H groups in total. The summed E-state index contributed by atoms with van der Waals surface area (Å²) >= 11 is 0. The molecule has 1 heterocycles. The van der Waals surface area contributed by atoms with Gasteiger partial charge in [-0.05, 0) is 97.9 Å². The van der Waals surface area contributed by atoms with Gasteiger partial charge in [-0.2, -0.15) is 10.4 Å². The molecule has 1 aromatic heterocycles. The topological polar surface area (TPSA) is 58.7 Å². The monoisotopic (exact) mass is 421 g/mol. The van der Waals surface area contributed by atoms with Crippen LogP contribution in [0.3, 0.4) is 0 Å². The van der Waals surface area contributed by atoms with Crippen LogP contribution in [0, 0.1) is 64.1 Å². The van der Waals surface area contributed by atoms with Crippen LogP contribution >= 0.6 is 0 Å². The first-order valence-corrected chi connectivity index (χ1v) is 12.9. The van der Waals surface area contributed by atoms with Crippen LogP contribution in [0.15, 0.2) is 12.3 Å². The summed E-state index contributed by atoms with van der Waals surface area (Å²) in [4.78, 5) is 13.5. The van der Waals surface area contributed by atoms with Crippen molar-refractivity contribution < 1.29 is 4.79 Å². The molecule has 4 heteroatoms. The van der Waals surface area contributed by atoms with Gasteiger partial charge in [0.2, 0.25) is 0 Å². The van der Waals surface area contributed by atoms with Crippen LogP contribution < -0.4 is 0 Å². The van der Waals surface area contributed by atoms with Crippen molar-refractivity contribution in [3.05, 3.63) is 18.0 Å². The second kappa shape index (κ2) is 8.05. The number of nitrogens with zero attached hydrogens (tertiary/aromatic N) is 3. The molecular weight excluding hydrogens is 382 g/mol. The highest BCUT2D eigenvalue weighted by Gasteiger charge is 2.61. The van der Waals surface area contributed by atoms with Crippen LogP contribution in [0.2, 0.25) is 0 Å². The third-order valence-electron chi connectivity index (χ3n) is 10.3. The smallest absolute Gasteiger partial charge is 0.162 e. The molecule has 9 atom stereocenters. The third kappa shape index (κ3) is 3.47. The Morgan fingerprint density at radius 3 is 2.74 bits per heavy atom. The van der Waals surface area contributed by atoms with Gasteiger partial charge in [0.15, 0.2) is 11.5 Å². The van der Waals surface area contributed by atoms with Crippen LogP contribution in [0.25, 0.3) is 0 Å². The Kier molecular flexibility index (Phi) is 5.51. The highest BCUT2D eigenvalue weighted by molar-refractivity contribution is 5.82. The largest absolute Gasteiger partial charge is 0.297 e. The van der Waals surface area contributed by atoms with E-state index in [0.29, 0.717) is 23.9 Å². The van der Waals surface area contributed by atoms with Crippen LogP contribution in [-0.2, 0) is 11.3 Å². The Balaban J connectivity index is 1.37. The Morgan fingerprint density at radius 1 is 1.19 bits per heavy atom. The minimum absolute atomic E-state index is 0.152. The van der Waals surface area contributed by atoms with Gasteiger partial charge in [0.25, 0.3) is 0 Å². The van der Waals surface area contributed by atoms with E-state index in [2.05, 4.69) is 31.9 Å². The minimum Gasteiger partial charge on any atom is -0.297 e. The number of rotatable bonds is 4. The summed E-state index contributed by atoms with van der Waals surface area (Å²) in [5.41, 5.74) is 0.549. The SMILES string of the molecule is CC[C@@H]1C[C@H](C(=O)Cn2ccc(C#N)n2)[C@@]2(C)CC[C@@H]3[C@H]4CC[C@H](C)C[C@H]4CC[C@H]3C12. The van der Waals surface area contributed by atoms with Crippen molar-refractivity contribution >= 4 is 5.78 Å². The van der Waals surface area contributed by atoms with E-state index in [1.54, 1.807) is 16.9 Å². The molecule has 0 spiro atoms. The van der Waals surface area contributed by atoms with Crippen molar-refractivity contribution in [3.8, 4) is 6.07 Å². The molecule has 168 valence electrons. The highest BCUT2D eigenvalue weighted by atomic mass is 16.1. The molecule has 1 aromatic rings. The first-order chi connectivity index (χ1) is 14.9. The molecule has 31 heavy (non-hydrogen) atoms. The van der Waals surface area contributed by atoms with Gasteiger partial charge in [-0.1, -0.05) is 33.6 Å². The molecule has 0 aromatic carbocycles. The number of aromatic nitrogens is 2. The van der Waals surface area contributed by atoms with E-state index in [0.717, 1.165) is 41.9 Å². The van der Waals surface area contributed by atoms with E-state index in [9.17, 15) is 4.79 Å². The molecule has 4 saturated carbocycles. The second-order valence-corrected chi connectivity index (χ2v) is 11.8. The fraction of sp³-hybridized carbons (Fsp3) is 0.815. The van der Waals surface area contributed by atoms with Crippen molar-refractivity contribution in [2.75, 3.05) is 0 Å². The summed E-state index contributed by atoms with van der Waals surface area (Å²) in [6.07, 6.45) is 13.8. The molecule has 0 bridgehead atoms. The van der Waals surface area contributed by atoms with Crippen LogP contribution in [-0.4, -0.2) is 15.6 Å². The molecule has 0 saturated heterocycles. The molecule has 0 amide bonds. The van der Waals surface area contributed by atoms with Gasteiger partial charge in [0, 0.05) is 12.1 Å². The zero-order valence-electron chi connectivity index (χ0n) is 19.6. The van der Waals surface area contributed by atoms with Crippen molar-refractivity contribution in [2.24, 2.45) is 52.8 Å². The normalized spacial score (nSPS) is 44.1. The number of fused-ring (bicyclic) bond motifs is 5. The van der Waals surface area contributed by atoms with Crippen LogP contribution in [0.4, 0.5) is 0 Å². The van der Waals surface area contributed by atoms with Gasteiger partial charge in [0.1, 0.15) is 6.07 Å². The molecule has 4 aliphatic carbocycles. The van der Waals surface area contributed by atoms with Crippen LogP contribution in [0.1, 0.15) is 84.3 Å². The van der Waals surface area contributed by atoms with Crippen molar-refractivity contribution in [1.82, 2.24) is 9.78 Å². The number of carbonyl (C=O) groups excluding carboxylic acids is 1. The maximum atomic E-state index is 13.5. The zero-order chi connectivity index (χ0) is 21.8. The number of ketones is 1. The van der Waals surface area contributed by atoms with Gasteiger partial charge in [-0.15, -0.1) is 0 Å². The van der Waals surface area contributed by atoms with Gasteiger partial charge in [-0.25, -0.2) is 0 Å². The number of Topliss-reactive ketones (excluding diaryl/α,β-unsaturated/α-hetero) is 1. The Morgan fingerprint density at radius 2 is 2.00 bits per heavy atom. The average molecular weight is 422 g/mol. The van der Waals surface area contributed by atoms with Gasteiger partial charge in [-0.3, -0.25) is 9.48 Å². The molecule has 0 radical (unpaired) electrons. The molecular formula is C27H39N3O. The maximum absolute atomic E-state index is 13.5. The Labute approximate surface area is 187 Å². The van der Waals surface area contributed by atoms with E-state index < -0.39 is 0 Å². The molecule has 1 unspecified atom stereocenters. The summed E-state index contributed by atoms with van der Waals surface area (Å²) in [5, 5.41) is 13.3. The van der Waals surface area contributed by atoms with E-state index in [-0.39, 0.29) is 11.3 Å². The molecule has 0 aliphatic heterocycles. The fourth-order valence-corrected chi connectivity index (χ4v) is 9.08. The Bertz CT molecular complexity index is 868. The maximum Gasteiger partial charge on any atom is 0.162 e. The van der Waals surface area contributed by atoms with E-state index in [4.69, 9.17) is 5.26 Å². The van der Waals surface area contributed by atoms with E-state index in [1.165, 1.54) is 51.4 Å². The van der Waals surface area contributed by atoms with Gasteiger partial charge in [0.05, 0.1) is 6.54 Å². The number of hydrogen-bond acceptors (Lipinski definition) is 3.